The van der Waals surface area contributed by atoms with Gasteiger partial charge in [-0.3, -0.25) is 24.3 Å². The minimum atomic E-state index is 0. The van der Waals surface area contributed by atoms with E-state index in [1.54, 1.807) is 11.3 Å². The molecule has 0 atom stereocenters. The van der Waals surface area contributed by atoms with Gasteiger partial charge in [-0.25, -0.2) is 24.9 Å². The molecule has 146 heavy (non-hydrogen) atoms. The third-order valence-corrected chi connectivity index (χ3v) is 26.8. The van der Waals surface area contributed by atoms with Gasteiger partial charge in [0, 0.05) is 110 Å². The molecule has 1 radical (unpaired) electrons. The number of aryl methyl sites for hydroxylation is 4. The normalized spacial score (nSPS) is 11.7. The molecular weight excluding hydrogens is 2730 g/mol. The largest absolute Gasteiger partial charge is 3.00 e. The van der Waals surface area contributed by atoms with E-state index in [0.717, 1.165) is 169 Å². The minimum absolute atomic E-state index is 0. The van der Waals surface area contributed by atoms with Crippen molar-refractivity contribution in [3.8, 4) is 28.2 Å². The van der Waals surface area contributed by atoms with Gasteiger partial charge in [-0.2, -0.15) is 18.2 Å². The molecular formula is C120H125Ir5N19S2-4. The van der Waals surface area contributed by atoms with Crippen molar-refractivity contribution in [1.82, 2.24) is 80.4 Å². The molecule has 761 valence electrons. The number of para-hydroxylation sites is 6. The van der Waals surface area contributed by atoms with E-state index in [9.17, 15) is 0 Å². The smallest absolute Gasteiger partial charge is 0.489 e. The van der Waals surface area contributed by atoms with E-state index in [4.69, 9.17) is 34.9 Å². The van der Waals surface area contributed by atoms with E-state index in [1.165, 1.54) is 70.5 Å². The van der Waals surface area contributed by atoms with Crippen LogP contribution in [0.2, 0.25) is 0 Å². The van der Waals surface area contributed by atoms with Crippen LogP contribution in [0, 0.1) is 155 Å². The monoisotopic (exact) mass is 2860 g/mol. The van der Waals surface area contributed by atoms with Gasteiger partial charge in [-0.15, -0.1) is 127 Å². The fourth-order valence-electron chi connectivity index (χ4n) is 18.9. The summed E-state index contributed by atoms with van der Waals surface area (Å²) in [7, 11) is 0. The Hall–Kier alpha value is -11.4. The van der Waals surface area contributed by atoms with Gasteiger partial charge in [-0.1, -0.05) is 199 Å². The second-order valence-electron chi connectivity index (χ2n) is 38.1. The number of pyridine rings is 2. The quantitative estimate of drug-likeness (QED) is 0.140. The number of thiophene rings is 1. The van der Waals surface area contributed by atoms with Crippen molar-refractivity contribution in [2.45, 2.75) is 129 Å². The van der Waals surface area contributed by atoms with E-state index in [2.05, 4.69) is 307 Å². The molecule has 2 aliphatic rings. The van der Waals surface area contributed by atoms with Crippen LogP contribution in [0.3, 0.4) is 0 Å². The van der Waals surface area contributed by atoms with Crippen molar-refractivity contribution in [3.63, 3.8) is 0 Å². The molecule has 0 N–H and O–H groups in total. The van der Waals surface area contributed by atoms with Crippen molar-refractivity contribution >= 4 is 171 Å². The molecule has 0 unspecified atom stereocenters. The second kappa shape index (κ2) is 47.8. The van der Waals surface area contributed by atoms with E-state index in [-0.39, 0.29) is 191 Å². The van der Waals surface area contributed by atoms with Gasteiger partial charge < -0.3 is 115 Å². The van der Waals surface area contributed by atoms with E-state index >= 15 is 0 Å². The van der Waals surface area contributed by atoms with Crippen molar-refractivity contribution in [3.05, 3.63) is 411 Å². The first-order valence-corrected chi connectivity index (χ1v) is 46.2. The summed E-state index contributed by atoms with van der Waals surface area (Å²) in [6.07, 6.45) is 15.7. The predicted octanol–water partition coefficient (Wildman–Crippen LogP) is 30.8. The first-order valence-electron chi connectivity index (χ1n) is 44.5. The molecule has 26 heteroatoms. The topological polar surface area (TPSA) is 159 Å². The average molecular weight is 2860 g/mol. The molecule has 14 aromatic heterocycles. The number of hydrogen-bond acceptors (Lipinski definition) is 13. The number of thiazole rings is 1. The number of aromatic nitrogens is 17. The third kappa shape index (κ3) is 21.5. The van der Waals surface area contributed by atoms with Crippen molar-refractivity contribution in [2.75, 3.05) is 9.80 Å². The van der Waals surface area contributed by atoms with Gasteiger partial charge in [0.1, 0.15) is 17.3 Å². The number of nitrogens with zero attached hydrogens (tertiary/aromatic N) is 19. The van der Waals surface area contributed by atoms with Crippen molar-refractivity contribution in [2.24, 2.45) is 16.2 Å². The second-order valence-corrected chi connectivity index (χ2v) is 40.3. The summed E-state index contributed by atoms with van der Waals surface area (Å²) >= 11 is 3.56. The zero-order valence-electron chi connectivity index (χ0n) is 87.5. The summed E-state index contributed by atoms with van der Waals surface area (Å²) in [6, 6.07) is 89.6. The Morgan fingerprint density at radius 1 is 0.411 bits per heavy atom. The molecule has 19 nitrogen and oxygen atoms in total. The Kier molecular flexibility index (Phi) is 39.8. The standard InChI is InChI=1S/C30H35N4.C26H25N2S.C20H11N4.C18H12N4.C16H12N5S.10CH3.5Ir/c1-19-12-11-13-20(2)25(19)23-17-31-27-22-15-10-9-14-21(22)26-28(34(23)27)32-24(16-29(3,4)5)33(26)18-30(6,7)8;1-16-9-8-10-17(2)23(16)22-15-27-24-20-12-7-6-11-19(20)21-13-18(14-26(3,4)5)29-25(21)28(22)24;1-4-10-16-13(7-1)19-21-14-8-2-6-12-18(14)24(19)20-22-15-9-3-5-11-17(15)23(16)20;1-2-6-14(7-3-1)20-12-17-18-19-10-11-21(18)15-8-4-5-9-16(15)22(17)13-20;1-9(2)14-19-13-15(22-14)18-12-10-5-3-4-6-11(10)20-8-7-17-16(20)21(12)13;;;;;;;;;;;;;;;/h9-14,17H,16,18H2,1-8H3;6-11,13,15H,14H2,1-5H3;1-6,8-12H;1-8,10-13H;3-4,6-9H,1-2H3;10*1H3;;;;;/q3*-1;-2;11*-1;;4*+3. The maximum atomic E-state index is 5.35. The summed E-state index contributed by atoms with van der Waals surface area (Å²) in [5.74, 6) is 4.20. The van der Waals surface area contributed by atoms with Gasteiger partial charge in [0.25, 0.3) is 0 Å². The maximum Gasteiger partial charge on any atom is 3.00 e. The van der Waals surface area contributed by atoms with Crippen LogP contribution in [0.4, 0.5) is 11.4 Å². The Labute approximate surface area is 937 Å². The molecule has 24 aromatic rings. The Balaban J connectivity index is 0.000000243. The molecule has 26 rings (SSSR count). The van der Waals surface area contributed by atoms with Crippen LogP contribution in [0.5, 0.6) is 0 Å². The fraction of sp³-hybridized carbons (Fsp3) is 0.183. The predicted molar refractivity (Wildman–Crippen MR) is 600 cm³/mol. The number of fused-ring (bicyclic) bond motifs is 36. The number of anilines is 2. The summed E-state index contributed by atoms with van der Waals surface area (Å²) in [5, 5.41) is 8.95. The van der Waals surface area contributed by atoms with Gasteiger partial charge in [0.15, 0.2) is 10.5 Å². The Morgan fingerprint density at radius 2 is 0.925 bits per heavy atom. The minimum Gasteiger partial charge on any atom is -0.489 e. The van der Waals surface area contributed by atoms with Crippen LogP contribution in [0.15, 0.2) is 256 Å². The van der Waals surface area contributed by atoms with Gasteiger partial charge in [0.05, 0.1) is 71.6 Å². The number of rotatable bonds is 7. The van der Waals surface area contributed by atoms with Crippen molar-refractivity contribution < 1.29 is 101 Å². The van der Waals surface area contributed by atoms with E-state index in [0.29, 0.717) is 5.92 Å². The Bertz CT molecular complexity index is 8680. The molecule has 0 bridgehead atoms. The van der Waals surface area contributed by atoms with Crippen LogP contribution in [0.1, 0.15) is 126 Å². The van der Waals surface area contributed by atoms with Crippen LogP contribution in [-0.2, 0) is 120 Å². The van der Waals surface area contributed by atoms with Gasteiger partial charge in [0.2, 0.25) is 11.6 Å². The molecule has 10 aromatic carbocycles. The number of hydrogen-bond donors (Lipinski definition) is 0. The molecule has 0 fully saturated rings. The van der Waals surface area contributed by atoms with Gasteiger partial charge >= 0.3 is 80.4 Å². The summed E-state index contributed by atoms with van der Waals surface area (Å²) < 4.78 is 17.6. The molecule has 0 saturated heterocycles. The van der Waals surface area contributed by atoms with Crippen LogP contribution in [-0.4, -0.2) is 80.4 Å². The van der Waals surface area contributed by atoms with Crippen molar-refractivity contribution in [1.29, 1.82) is 0 Å². The molecule has 0 spiro atoms. The summed E-state index contributed by atoms with van der Waals surface area (Å²) in [6.45, 7) is 36.7. The fourth-order valence-corrected chi connectivity index (χ4v) is 21.3. The third-order valence-electron chi connectivity index (χ3n) is 24.4. The summed E-state index contributed by atoms with van der Waals surface area (Å²) in [4.78, 5) is 51.4. The molecule has 16 heterocycles. The molecule has 0 aliphatic carbocycles. The van der Waals surface area contributed by atoms with Crippen LogP contribution in [0.25, 0.3) is 165 Å². The van der Waals surface area contributed by atoms with Crippen LogP contribution >= 0.6 is 22.7 Å². The Morgan fingerprint density at radius 3 is 1.53 bits per heavy atom. The van der Waals surface area contributed by atoms with Crippen LogP contribution < -0.4 is 9.80 Å². The van der Waals surface area contributed by atoms with Gasteiger partial charge in [-0.05, 0) is 137 Å². The summed E-state index contributed by atoms with van der Waals surface area (Å²) in [5.41, 5.74) is 27.6. The zero-order valence-corrected chi connectivity index (χ0v) is 101. The molecule has 0 saturated carbocycles. The molecule has 2 aliphatic heterocycles. The first-order chi connectivity index (χ1) is 63.3. The van der Waals surface area contributed by atoms with E-state index in [1.807, 2.05) is 156 Å². The average Bonchev–Trinajstić information content (AvgIpc) is 1.57. The molecule has 0 amide bonds. The maximum absolute atomic E-state index is 5.35. The zero-order chi connectivity index (χ0) is 89.8. The number of benzene rings is 10. The SMILES string of the molecule is CC(C)c1nc2c(nc3c4[c-]cccc4n4ccnc4n23)s1.Cc1cccc(C)c1-c1cnc2c3[c-]cccc3c3c(nc(CC(C)(C)C)n3CC(C)(C)C)n12.Cc1cccc(C)c1-c1cnc2c3[c-]cccc3c3cc(CC(C)(C)C)sc3n12.[CH3-].[CH3-].[CH3-].[CH3-].[CH3-].[CH3-].[CH3-].[CH3-].[CH3-].[CH3-].[Ir+3].[Ir+3].[Ir+3].[Ir+3].[Ir].[c-]1cccc2c1N1[CH-]N(c3ccccc3)C=C1c1nccn1-2.[c-]1cccc2c1c1nc3ccccc3n1c1nc3ccccc3n21. The van der Waals surface area contributed by atoms with E-state index < -0.39 is 0 Å². The first kappa shape index (κ1) is 122. The number of imidazole rings is 8.